The molecule has 2 aromatic carbocycles. The largest absolute Gasteiger partial charge is 0.476 e. The number of carboxylic acids is 1. The van der Waals surface area contributed by atoms with E-state index in [2.05, 4.69) is 16.8 Å². The molecule has 4 aromatic rings. The Bertz CT molecular complexity index is 1980. The van der Waals surface area contributed by atoms with Crippen molar-refractivity contribution in [3.63, 3.8) is 0 Å². The summed E-state index contributed by atoms with van der Waals surface area (Å²) in [5, 5.41) is 15.2. The van der Waals surface area contributed by atoms with Gasteiger partial charge in [0, 0.05) is 44.0 Å². The van der Waals surface area contributed by atoms with Crippen molar-refractivity contribution in [3.05, 3.63) is 81.7 Å². The van der Waals surface area contributed by atoms with E-state index in [1.807, 2.05) is 34.9 Å². The quantitative estimate of drug-likeness (QED) is 0.231. The minimum Gasteiger partial charge on any atom is -0.476 e. The lowest BCUT2D eigenvalue weighted by molar-refractivity contribution is 0.0690. The molecule has 0 radical (unpaired) electrons. The first-order valence-electron chi connectivity index (χ1n) is 15.2. The maximum absolute atomic E-state index is 14.9. The highest BCUT2D eigenvalue weighted by Crippen LogP contribution is 2.41. The zero-order valence-corrected chi connectivity index (χ0v) is 24.2. The standard InChI is InChI=1S/C32H30FN3O4S2/c1-19-30(32(37)38)35-31(41-19)25-17-27(24-7-3-6-21(14-24)9-8-20-4-2-5-20)36(28(25)16-22-10-11-22)18-23-12-13-29(26(33)15-23)42(34,39)40/h3,6-7,12-15,17,20,22H,2,4-5,10-11,16,18H2,1H3,(H,37,38)(H2,34,39,40)/i1D3. The monoisotopic (exact) mass is 606 g/mol. The van der Waals surface area contributed by atoms with Crippen LogP contribution in [0.1, 0.15) is 68.4 Å². The number of halogens is 1. The number of aromatic nitrogens is 2. The van der Waals surface area contributed by atoms with E-state index in [4.69, 9.17) is 9.25 Å². The zero-order chi connectivity index (χ0) is 32.1. The van der Waals surface area contributed by atoms with Gasteiger partial charge in [0.15, 0.2) is 5.69 Å². The van der Waals surface area contributed by atoms with Gasteiger partial charge in [-0.05, 0) is 86.3 Å². The predicted molar refractivity (Wildman–Crippen MR) is 160 cm³/mol. The maximum Gasteiger partial charge on any atom is 0.355 e. The lowest BCUT2D eigenvalue weighted by Crippen LogP contribution is -2.14. The molecule has 7 nitrogen and oxygen atoms in total. The summed E-state index contributed by atoms with van der Waals surface area (Å²) in [4.78, 5) is 15.4. The van der Waals surface area contributed by atoms with E-state index in [0.717, 1.165) is 71.7 Å². The molecule has 2 aromatic heterocycles. The van der Waals surface area contributed by atoms with Crippen molar-refractivity contribution in [2.45, 2.75) is 56.8 Å². The number of hydrogen-bond acceptors (Lipinski definition) is 5. The summed E-state index contributed by atoms with van der Waals surface area (Å²) in [5.74, 6) is 4.98. The van der Waals surface area contributed by atoms with Crippen molar-refractivity contribution in [2.75, 3.05) is 0 Å². The Hall–Kier alpha value is -3.78. The number of hydrogen-bond donors (Lipinski definition) is 2. The number of aryl methyl sites for hydroxylation is 1. The van der Waals surface area contributed by atoms with Crippen LogP contribution in [0.3, 0.4) is 0 Å². The topological polar surface area (TPSA) is 115 Å². The Labute approximate surface area is 252 Å². The lowest BCUT2D eigenvalue weighted by Gasteiger charge is -2.18. The molecule has 6 rings (SSSR count). The van der Waals surface area contributed by atoms with Gasteiger partial charge in [-0.1, -0.05) is 36.5 Å². The maximum atomic E-state index is 14.9. The van der Waals surface area contributed by atoms with Crippen LogP contribution in [0.25, 0.3) is 21.8 Å². The van der Waals surface area contributed by atoms with E-state index in [1.165, 1.54) is 12.5 Å². The third-order valence-corrected chi connectivity index (χ3v) is 9.62. The molecular weight excluding hydrogens is 574 g/mol. The summed E-state index contributed by atoms with van der Waals surface area (Å²) in [6.45, 7) is -2.51. The predicted octanol–water partition coefficient (Wildman–Crippen LogP) is 6.22. The van der Waals surface area contributed by atoms with Gasteiger partial charge in [-0.2, -0.15) is 0 Å². The average Bonchev–Trinajstić information content (AvgIpc) is 3.51. The molecule has 0 bridgehead atoms. The number of sulfonamides is 1. The smallest absolute Gasteiger partial charge is 0.355 e. The number of benzene rings is 2. The van der Waals surface area contributed by atoms with Gasteiger partial charge in [0.25, 0.3) is 0 Å². The first-order valence-corrected chi connectivity index (χ1v) is 16.0. The van der Waals surface area contributed by atoms with Gasteiger partial charge < -0.3 is 9.67 Å². The van der Waals surface area contributed by atoms with Gasteiger partial charge in [-0.3, -0.25) is 0 Å². The minimum absolute atomic E-state index is 0.153. The fourth-order valence-corrected chi connectivity index (χ4v) is 6.57. The first-order chi connectivity index (χ1) is 21.3. The van der Waals surface area contributed by atoms with E-state index < -0.39 is 39.3 Å². The van der Waals surface area contributed by atoms with Gasteiger partial charge in [0.2, 0.25) is 10.0 Å². The van der Waals surface area contributed by atoms with Crippen LogP contribution < -0.4 is 5.14 Å². The van der Waals surface area contributed by atoms with Gasteiger partial charge >= 0.3 is 5.97 Å². The Morgan fingerprint density at radius 3 is 2.64 bits per heavy atom. The normalized spacial score (nSPS) is 16.6. The highest BCUT2D eigenvalue weighted by atomic mass is 32.2. The van der Waals surface area contributed by atoms with Crippen molar-refractivity contribution in [2.24, 2.45) is 17.0 Å². The van der Waals surface area contributed by atoms with E-state index in [1.54, 1.807) is 0 Å². The van der Waals surface area contributed by atoms with Gasteiger partial charge in [0.05, 0.1) is 0 Å². The number of carboxylic acid groups (broad SMARTS) is 1. The van der Waals surface area contributed by atoms with Crippen LogP contribution in [0.5, 0.6) is 0 Å². The minimum atomic E-state index is -4.25. The molecule has 2 aliphatic rings. The van der Waals surface area contributed by atoms with Crippen LogP contribution in [-0.4, -0.2) is 29.0 Å². The molecule has 0 atom stereocenters. The second-order valence-electron chi connectivity index (χ2n) is 10.9. The van der Waals surface area contributed by atoms with E-state index in [0.29, 0.717) is 29.4 Å². The second kappa shape index (κ2) is 11.1. The highest BCUT2D eigenvalue weighted by molar-refractivity contribution is 7.89. The molecule has 0 unspecified atom stereocenters. The van der Waals surface area contributed by atoms with Crippen LogP contribution in [-0.2, 0) is 23.0 Å². The third kappa shape index (κ3) is 5.91. The number of primary sulfonamides is 1. The lowest BCUT2D eigenvalue weighted by atomic mass is 9.86. The van der Waals surface area contributed by atoms with Crippen molar-refractivity contribution >= 4 is 27.3 Å². The third-order valence-electron chi connectivity index (χ3n) is 7.78. The SMILES string of the molecule is [2H]C([2H])([2H])c1sc(-c2cc(-c3cccc(C#CC4CCC4)c3)n(Cc3ccc(S(N)(=O)=O)c(F)c3)c2CC2CC2)nc1C(=O)O. The number of nitrogens with two attached hydrogens (primary N) is 1. The summed E-state index contributed by atoms with van der Waals surface area (Å²) in [6.07, 6.45) is 5.98. The Kier molecular flexibility index (Phi) is 6.57. The van der Waals surface area contributed by atoms with Gasteiger partial charge in [-0.15, -0.1) is 11.3 Å². The summed E-state index contributed by atoms with van der Waals surface area (Å²) in [7, 11) is -4.25. The van der Waals surface area contributed by atoms with Gasteiger partial charge in [-0.25, -0.2) is 27.7 Å². The van der Waals surface area contributed by atoms with E-state index in [9.17, 15) is 22.7 Å². The van der Waals surface area contributed by atoms with Crippen molar-refractivity contribution in [1.29, 1.82) is 0 Å². The van der Waals surface area contributed by atoms with Crippen LogP contribution in [0.15, 0.2) is 53.4 Å². The molecule has 42 heavy (non-hydrogen) atoms. The molecule has 0 aliphatic heterocycles. The Morgan fingerprint density at radius 2 is 2.02 bits per heavy atom. The molecule has 2 heterocycles. The summed E-state index contributed by atoms with van der Waals surface area (Å²) < 4.78 is 64.4. The molecule has 10 heteroatoms. The van der Waals surface area contributed by atoms with Gasteiger partial charge in [0.1, 0.15) is 15.7 Å². The number of thiazole rings is 1. The van der Waals surface area contributed by atoms with Crippen LogP contribution in [0.2, 0.25) is 0 Å². The van der Waals surface area contributed by atoms with Crippen molar-refractivity contribution < 1.29 is 26.8 Å². The molecule has 2 saturated carbocycles. The molecule has 0 spiro atoms. The van der Waals surface area contributed by atoms with Crippen molar-refractivity contribution in [1.82, 2.24) is 9.55 Å². The number of nitrogens with zero attached hydrogens (tertiary/aromatic N) is 2. The number of rotatable bonds is 8. The van der Waals surface area contributed by atoms with Crippen LogP contribution in [0, 0.1) is 36.3 Å². The first kappa shape index (κ1) is 24.8. The summed E-state index contributed by atoms with van der Waals surface area (Å²) in [6, 6.07) is 13.4. The fourth-order valence-electron chi connectivity index (χ4n) is 5.14. The second-order valence-corrected chi connectivity index (χ2v) is 13.4. The van der Waals surface area contributed by atoms with Crippen LogP contribution >= 0.6 is 11.3 Å². The molecule has 2 aliphatic carbocycles. The Morgan fingerprint density at radius 1 is 1.21 bits per heavy atom. The van der Waals surface area contributed by atoms with Crippen molar-refractivity contribution in [3.8, 4) is 33.7 Å². The number of carbonyl (C=O) groups is 1. The average molecular weight is 607 g/mol. The summed E-state index contributed by atoms with van der Waals surface area (Å²) in [5.41, 5.74) is 3.75. The Balaban J connectivity index is 1.53. The van der Waals surface area contributed by atoms with Crippen LogP contribution in [0.4, 0.5) is 4.39 Å². The molecule has 3 N–H and O–H groups in total. The fraction of sp³-hybridized carbons (Fsp3) is 0.312. The van der Waals surface area contributed by atoms with E-state index in [-0.39, 0.29) is 16.4 Å². The van der Waals surface area contributed by atoms with E-state index >= 15 is 0 Å². The summed E-state index contributed by atoms with van der Waals surface area (Å²) >= 11 is 0.833. The zero-order valence-electron chi connectivity index (χ0n) is 25.6. The molecular formula is C32H30FN3O4S2. The molecule has 0 amide bonds. The highest BCUT2D eigenvalue weighted by Gasteiger charge is 2.29. The molecule has 0 saturated heterocycles. The molecule has 2 fully saturated rings. The number of aromatic carboxylic acids is 1. The molecule has 216 valence electrons.